The third-order valence-electron chi connectivity index (χ3n) is 2.77. The highest BCUT2D eigenvalue weighted by molar-refractivity contribution is 9.11. The van der Waals surface area contributed by atoms with Gasteiger partial charge in [0.1, 0.15) is 0 Å². The fourth-order valence-corrected chi connectivity index (χ4v) is 2.97. The summed E-state index contributed by atoms with van der Waals surface area (Å²) in [5, 5.41) is 5.10. The number of rotatable bonds is 0. The Morgan fingerprint density at radius 1 is 0.688 bits per heavy atom. The van der Waals surface area contributed by atoms with E-state index in [-0.39, 0.29) is 0 Å². The molecule has 16 heavy (non-hydrogen) atoms. The third-order valence-corrected chi connectivity index (χ3v) is 3.92. The van der Waals surface area contributed by atoms with Gasteiger partial charge in [-0.3, -0.25) is 0 Å². The van der Waals surface area contributed by atoms with Gasteiger partial charge in [-0.2, -0.15) is 0 Å². The van der Waals surface area contributed by atoms with Crippen molar-refractivity contribution in [2.24, 2.45) is 0 Å². The van der Waals surface area contributed by atoms with Gasteiger partial charge in [0.15, 0.2) is 0 Å². The normalized spacial score (nSPS) is 11.1. The molecule has 0 amide bonds. The van der Waals surface area contributed by atoms with E-state index in [1.807, 2.05) is 0 Å². The molecule has 2 heteroatoms. The molecule has 78 valence electrons. The van der Waals surface area contributed by atoms with Crippen LogP contribution in [0.4, 0.5) is 0 Å². The standard InChI is InChI=1S/C14H8Br2/c15-10-5-6-12-11-4-2-1-3-9(11)7-14(16)13(12)8-10/h1-8H. The van der Waals surface area contributed by atoms with Crippen LogP contribution in [-0.2, 0) is 0 Å². The van der Waals surface area contributed by atoms with Gasteiger partial charge in [-0.1, -0.05) is 62.2 Å². The highest BCUT2D eigenvalue weighted by atomic mass is 79.9. The van der Waals surface area contributed by atoms with E-state index in [4.69, 9.17) is 0 Å². The van der Waals surface area contributed by atoms with Gasteiger partial charge in [0.2, 0.25) is 0 Å². The summed E-state index contributed by atoms with van der Waals surface area (Å²) in [6.07, 6.45) is 0. The van der Waals surface area contributed by atoms with E-state index in [1.54, 1.807) is 0 Å². The summed E-state index contributed by atoms with van der Waals surface area (Å²) in [4.78, 5) is 0. The summed E-state index contributed by atoms with van der Waals surface area (Å²) >= 11 is 7.14. The fourth-order valence-electron chi connectivity index (χ4n) is 2.03. The molecule has 3 rings (SSSR count). The largest absolute Gasteiger partial charge is 0.0616 e. The van der Waals surface area contributed by atoms with Crippen molar-refractivity contribution in [2.75, 3.05) is 0 Å². The third kappa shape index (κ3) is 1.57. The van der Waals surface area contributed by atoms with Crippen molar-refractivity contribution >= 4 is 53.4 Å². The first-order valence-electron chi connectivity index (χ1n) is 5.02. The molecule has 3 aromatic rings. The summed E-state index contributed by atoms with van der Waals surface area (Å²) in [6.45, 7) is 0. The van der Waals surface area contributed by atoms with Gasteiger partial charge >= 0.3 is 0 Å². The quantitative estimate of drug-likeness (QED) is 0.474. The Kier molecular flexibility index (Phi) is 2.49. The summed E-state index contributed by atoms with van der Waals surface area (Å²) in [6, 6.07) is 17.0. The SMILES string of the molecule is Brc1ccc2c(c1)c(Br)cc1ccccc12. The average Bonchev–Trinajstić information content (AvgIpc) is 2.29. The molecule has 0 aliphatic carbocycles. The first-order valence-corrected chi connectivity index (χ1v) is 6.61. The van der Waals surface area contributed by atoms with Crippen molar-refractivity contribution < 1.29 is 0 Å². The van der Waals surface area contributed by atoms with E-state index in [0.717, 1.165) is 8.95 Å². The molecule has 0 aliphatic heterocycles. The van der Waals surface area contributed by atoms with Crippen molar-refractivity contribution in [1.29, 1.82) is 0 Å². The van der Waals surface area contributed by atoms with Crippen LogP contribution in [0.25, 0.3) is 21.5 Å². The molecule has 0 aromatic heterocycles. The van der Waals surface area contributed by atoms with E-state index >= 15 is 0 Å². The monoisotopic (exact) mass is 334 g/mol. The molecule has 0 heterocycles. The molecule has 0 nitrogen and oxygen atoms in total. The number of halogens is 2. The minimum Gasteiger partial charge on any atom is -0.0616 e. The van der Waals surface area contributed by atoms with Crippen LogP contribution >= 0.6 is 31.9 Å². The maximum Gasteiger partial charge on any atom is 0.0260 e. The minimum atomic E-state index is 1.11. The number of fused-ring (bicyclic) bond motifs is 3. The number of benzene rings is 3. The molecule has 0 aliphatic rings. The van der Waals surface area contributed by atoms with Crippen LogP contribution in [0, 0.1) is 0 Å². The van der Waals surface area contributed by atoms with Gasteiger partial charge in [0, 0.05) is 8.95 Å². The maximum atomic E-state index is 3.63. The molecule has 0 bridgehead atoms. The zero-order valence-electron chi connectivity index (χ0n) is 8.37. The lowest BCUT2D eigenvalue weighted by Crippen LogP contribution is -1.79. The highest BCUT2D eigenvalue weighted by Gasteiger charge is 2.04. The second kappa shape index (κ2) is 3.86. The lowest BCUT2D eigenvalue weighted by molar-refractivity contribution is 1.70. The van der Waals surface area contributed by atoms with Gasteiger partial charge in [-0.05, 0) is 39.7 Å². The van der Waals surface area contributed by atoms with Crippen molar-refractivity contribution in [3.05, 3.63) is 57.5 Å². The Bertz CT molecular complexity index is 687. The maximum absolute atomic E-state index is 3.63. The summed E-state index contributed by atoms with van der Waals surface area (Å²) in [5.74, 6) is 0. The summed E-state index contributed by atoms with van der Waals surface area (Å²) in [7, 11) is 0. The van der Waals surface area contributed by atoms with Crippen LogP contribution in [-0.4, -0.2) is 0 Å². The van der Waals surface area contributed by atoms with Crippen molar-refractivity contribution in [2.45, 2.75) is 0 Å². The average molecular weight is 336 g/mol. The van der Waals surface area contributed by atoms with Crippen LogP contribution in [0.15, 0.2) is 57.5 Å². The lowest BCUT2D eigenvalue weighted by atomic mass is 10.0. The van der Waals surface area contributed by atoms with Gasteiger partial charge in [-0.15, -0.1) is 0 Å². The zero-order chi connectivity index (χ0) is 11.1. The minimum absolute atomic E-state index is 1.11. The van der Waals surface area contributed by atoms with Crippen molar-refractivity contribution in [3.63, 3.8) is 0 Å². The molecule has 0 spiro atoms. The predicted octanol–water partition coefficient (Wildman–Crippen LogP) is 5.52. The molecular formula is C14H8Br2. The molecule has 0 fully saturated rings. The Morgan fingerprint density at radius 3 is 2.38 bits per heavy atom. The first-order chi connectivity index (χ1) is 7.75. The molecular weight excluding hydrogens is 328 g/mol. The second-order valence-corrected chi connectivity index (χ2v) is 5.54. The molecule has 0 saturated carbocycles. The summed E-state index contributed by atoms with van der Waals surface area (Å²) in [5.41, 5.74) is 0. The Hall–Kier alpha value is -0.860. The van der Waals surface area contributed by atoms with Gasteiger partial charge in [-0.25, -0.2) is 0 Å². The zero-order valence-corrected chi connectivity index (χ0v) is 11.5. The topological polar surface area (TPSA) is 0 Å². The van der Waals surface area contributed by atoms with Crippen LogP contribution in [0.5, 0.6) is 0 Å². The van der Waals surface area contributed by atoms with Crippen molar-refractivity contribution in [3.8, 4) is 0 Å². The van der Waals surface area contributed by atoms with E-state index in [2.05, 4.69) is 80.4 Å². The van der Waals surface area contributed by atoms with Crippen LogP contribution < -0.4 is 0 Å². The number of hydrogen-bond acceptors (Lipinski definition) is 0. The Balaban J connectivity index is 2.59. The highest BCUT2D eigenvalue weighted by Crippen LogP contribution is 2.33. The summed E-state index contributed by atoms with van der Waals surface area (Å²) < 4.78 is 2.25. The molecule has 0 unspecified atom stereocenters. The smallest absolute Gasteiger partial charge is 0.0260 e. The molecule has 0 atom stereocenters. The fraction of sp³-hybridized carbons (Fsp3) is 0. The van der Waals surface area contributed by atoms with Crippen LogP contribution in [0.1, 0.15) is 0 Å². The van der Waals surface area contributed by atoms with Gasteiger partial charge in [0.25, 0.3) is 0 Å². The van der Waals surface area contributed by atoms with E-state index in [9.17, 15) is 0 Å². The van der Waals surface area contributed by atoms with E-state index in [1.165, 1.54) is 21.5 Å². The van der Waals surface area contributed by atoms with E-state index in [0.29, 0.717) is 0 Å². The Morgan fingerprint density at radius 2 is 1.50 bits per heavy atom. The van der Waals surface area contributed by atoms with Crippen LogP contribution in [0.2, 0.25) is 0 Å². The van der Waals surface area contributed by atoms with Gasteiger partial charge in [0.05, 0.1) is 0 Å². The van der Waals surface area contributed by atoms with Crippen molar-refractivity contribution in [1.82, 2.24) is 0 Å². The van der Waals surface area contributed by atoms with Crippen LogP contribution in [0.3, 0.4) is 0 Å². The Labute approximate surface area is 111 Å². The molecule has 0 saturated heterocycles. The molecule has 3 aromatic carbocycles. The lowest BCUT2D eigenvalue weighted by Gasteiger charge is -2.06. The van der Waals surface area contributed by atoms with Gasteiger partial charge < -0.3 is 0 Å². The molecule has 0 N–H and O–H groups in total. The molecule has 0 radical (unpaired) electrons. The predicted molar refractivity (Wildman–Crippen MR) is 76.9 cm³/mol. The van der Waals surface area contributed by atoms with E-state index < -0.39 is 0 Å². The number of hydrogen-bond donors (Lipinski definition) is 0. The first kappa shape index (κ1) is 10.3. The second-order valence-electron chi connectivity index (χ2n) is 3.77.